The van der Waals surface area contributed by atoms with Gasteiger partial charge < -0.3 is 10.5 Å². The Morgan fingerprint density at radius 2 is 1.95 bits per heavy atom. The van der Waals surface area contributed by atoms with Crippen molar-refractivity contribution >= 4 is 0 Å². The number of hydrogen-bond donors (Lipinski definition) is 1. The fourth-order valence-corrected chi connectivity index (χ4v) is 3.28. The Morgan fingerprint density at radius 1 is 1.32 bits per heavy atom. The van der Waals surface area contributed by atoms with E-state index in [4.69, 9.17) is 10.5 Å². The van der Waals surface area contributed by atoms with Crippen LogP contribution in [0.5, 0.6) is 0 Å². The first kappa shape index (κ1) is 14.5. The summed E-state index contributed by atoms with van der Waals surface area (Å²) in [5.74, 6) is 1.49. The number of nitrogens with zero attached hydrogens (tertiary/aromatic N) is 2. The Morgan fingerprint density at radius 3 is 2.42 bits per heavy atom. The predicted molar refractivity (Wildman–Crippen MR) is 76.7 cm³/mol. The highest BCUT2D eigenvalue weighted by Crippen LogP contribution is 2.33. The Kier molecular flexibility index (Phi) is 4.63. The van der Waals surface area contributed by atoms with Gasteiger partial charge in [0.1, 0.15) is 6.10 Å². The zero-order chi connectivity index (χ0) is 14.0. The van der Waals surface area contributed by atoms with E-state index < -0.39 is 0 Å². The van der Waals surface area contributed by atoms with Crippen LogP contribution in [0.4, 0.5) is 0 Å². The van der Waals surface area contributed by atoms with E-state index in [1.165, 1.54) is 6.42 Å². The van der Waals surface area contributed by atoms with E-state index in [2.05, 4.69) is 18.9 Å². The summed E-state index contributed by atoms with van der Waals surface area (Å²) in [6, 6.07) is -0.0169. The van der Waals surface area contributed by atoms with Crippen molar-refractivity contribution in [1.29, 1.82) is 0 Å². The summed E-state index contributed by atoms with van der Waals surface area (Å²) >= 11 is 0. The van der Waals surface area contributed by atoms with Crippen LogP contribution in [0.25, 0.3) is 0 Å². The molecule has 1 saturated carbocycles. The van der Waals surface area contributed by atoms with Crippen LogP contribution in [-0.2, 0) is 11.8 Å². The lowest BCUT2D eigenvalue weighted by molar-refractivity contribution is -0.0585. The van der Waals surface area contributed by atoms with Gasteiger partial charge in [-0.2, -0.15) is 5.10 Å². The molecule has 1 aromatic heterocycles. The Hall–Kier alpha value is -0.870. The van der Waals surface area contributed by atoms with Gasteiger partial charge in [-0.25, -0.2) is 0 Å². The van der Waals surface area contributed by atoms with Gasteiger partial charge >= 0.3 is 0 Å². The molecule has 0 aromatic carbocycles. The van der Waals surface area contributed by atoms with Gasteiger partial charge in [0.25, 0.3) is 0 Å². The molecule has 1 aliphatic rings. The zero-order valence-corrected chi connectivity index (χ0v) is 12.5. The van der Waals surface area contributed by atoms with E-state index >= 15 is 0 Å². The molecule has 19 heavy (non-hydrogen) atoms. The lowest BCUT2D eigenvalue weighted by atomic mass is 9.81. The van der Waals surface area contributed by atoms with Gasteiger partial charge in [0.15, 0.2) is 0 Å². The fourth-order valence-electron chi connectivity index (χ4n) is 3.28. The van der Waals surface area contributed by atoms with Crippen molar-refractivity contribution in [3.05, 3.63) is 18.0 Å². The SMILES string of the molecule is CC1CC(C)CC(OC(c2cnn(C)c2)C(C)N)C1. The van der Waals surface area contributed by atoms with E-state index in [1.54, 1.807) is 4.68 Å². The molecule has 4 unspecified atom stereocenters. The molecule has 0 aliphatic heterocycles. The molecule has 1 aromatic rings. The number of hydrogen-bond acceptors (Lipinski definition) is 3. The van der Waals surface area contributed by atoms with Crippen molar-refractivity contribution < 1.29 is 4.74 Å². The van der Waals surface area contributed by atoms with Crippen molar-refractivity contribution in [3.63, 3.8) is 0 Å². The van der Waals surface area contributed by atoms with Crippen LogP contribution in [0.2, 0.25) is 0 Å². The standard InChI is InChI=1S/C15H27N3O/c1-10-5-11(2)7-14(6-10)19-15(12(3)16)13-8-17-18(4)9-13/h8-12,14-15H,5-7,16H2,1-4H3. The van der Waals surface area contributed by atoms with Gasteiger partial charge in [-0.05, 0) is 38.0 Å². The van der Waals surface area contributed by atoms with Crippen LogP contribution in [0, 0.1) is 11.8 Å². The van der Waals surface area contributed by atoms with E-state index in [1.807, 2.05) is 26.4 Å². The van der Waals surface area contributed by atoms with Crippen molar-refractivity contribution in [3.8, 4) is 0 Å². The van der Waals surface area contributed by atoms with Crippen LogP contribution in [-0.4, -0.2) is 21.9 Å². The Bertz CT molecular complexity index is 392. The number of ether oxygens (including phenoxy) is 1. The molecular weight excluding hydrogens is 238 g/mol. The minimum absolute atomic E-state index is 0.0169. The molecule has 0 saturated heterocycles. The number of rotatable bonds is 4. The van der Waals surface area contributed by atoms with Gasteiger partial charge in [0.2, 0.25) is 0 Å². The second kappa shape index (κ2) is 6.06. The second-order valence-electron chi connectivity index (χ2n) is 6.40. The van der Waals surface area contributed by atoms with Gasteiger partial charge in [-0.15, -0.1) is 0 Å². The molecule has 0 spiro atoms. The number of aryl methyl sites for hydroxylation is 1. The highest BCUT2D eigenvalue weighted by Gasteiger charge is 2.29. The largest absolute Gasteiger partial charge is 0.369 e. The van der Waals surface area contributed by atoms with Crippen LogP contribution < -0.4 is 5.73 Å². The zero-order valence-electron chi connectivity index (χ0n) is 12.5. The van der Waals surface area contributed by atoms with Gasteiger partial charge in [0.05, 0.1) is 12.3 Å². The predicted octanol–water partition coefficient (Wildman–Crippen LogP) is 2.65. The third-order valence-electron chi connectivity index (χ3n) is 4.01. The van der Waals surface area contributed by atoms with Crippen molar-refractivity contribution in [2.75, 3.05) is 0 Å². The molecule has 1 fully saturated rings. The molecule has 2 rings (SSSR count). The monoisotopic (exact) mass is 265 g/mol. The molecule has 0 amide bonds. The molecule has 108 valence electrons. The fraction of sp³-hybridized carbons (Fsp3) is 0.800. The minimum atomic E-state index is -0.0452. The maximum atomic E-state index is 6.31. The number of nitrogens with two attached hydrogens (primary N) is 1. The minimum Gasteiger partial charge on any atom is -0.369 e. The highest BCUT2D eigenvalue weighted by atomic mass is 16.5. The van der Waals surface area contributed by atoms with Crippen molar-refractivity contribution in [2.45, 2.75) is 58.3 Å². The topological polar surface area (TPSA) is 53.1 Å². The van der Waals surface area contributed by atoms with Crippen LogP contribution in [0.3, 0.4) is 0 Å². The summed E-state index contributed by atoms with van der Waals surface area (Å²) in [5.41, 5.74) is 7.19. The summed E-state index contributed by atoms with van der Waals surface area (Å²) in [6.45, 7) is 6.64. The van der Waals surface area contributed by atoms with E-state index in [-0.39, 0.29) is 12.1 Å². The maximum absolute atomic E-state index is 6.31. The molecule has 2 N–H and O–H groups in total. The second-order valence-corrected chi connectivity index (χ2v) is 6.40. The molecular formula is C15H27N3O. The Balaban J connectivity index is 2.04. The first-order valence-electron chi connectivity index (χ1n) is 7.35. The molecule has 1 aliphatic carbocycles. The first-order valence-corrected chi connectivity index (χ1v) is 7.35. The summed E-state index contributed by atoms with van der Waals surface area (Å²) < 4.78 is 8.12. The first-order chi connectivity index (χ1) is 8.95. The van der Waals surface area contributed by atoms with Crippen molar-refractivity contribution in [2.24, 2.45) is 24.6 Å². The summed E-state index contributed by atoms with van der Waals surface area (Å²) in [4.78, 5) is 0. The average molecular weight is 265 g/mol. The Labute approximate surface area is 116 Å². The molecule has 4 nitrogen and oxygen atoms in total. The van der Waals surface area contributed by atoms with E-state index in [0.29, 0.717) is 6.10 Å². The normalized spacial score (nSPS) is 31.1. The van der Waals surface area contributed by atoms with Crippen LogP contribution >= 0.6 is 0 Å². The average Bonchev–Trinajstić information content (AvgIpc) is 2.70. The lowest BCUT2D eigenvalue weighted by Gasteiger charge is -2.34. The van der Waals surface area contributed by atoms with Crippen LogP contribution in [0.15, 0.2) is 12.4 Å². The van der Waals surface area contributed by atoms with Crippen LogP contribution in [0.1, 0.15) is 51.7 Å². The highest BCUT2D eigenvalue weighted by molar-refractivity contribution is 5.10. The lowest BCUT2D eigenvalue weighted by Crippen LogP contribution is -2.33. The molecule has 1 heterocycles. The molecule has 0 radical (unpaired) electrons. The summed E-state index contributed by atoms with van der Waals surface area (Å²) in [7, 11) is 1.92. The summed E-state index contributed by atoms with van der Waals surface area (Å²) in [5, 5.41) is 4.22. The summed E-state index contributed by atoms with van der Waals surface area (Å²) in [6.07, 6.45) is 7.76. The third kappa shape index (κ3) is 3.80. The quantitative estimate of drug-likeness (QED) is 0.910. The molecule has 4 heteroatoms. The van der Waals surface area contributed by atoms with E-state index in [9.17, 15) is 0 Å². The third-order valence-corrected chi connectivity index (χ3v) is 4.01. The van der Waals surface area contributed by atoms with Gasteiger partial charge in [-0.1, -0.05) is 13.8 Å². The smallest absolute Gasteiger partial charge is 0.101 e. The number of aromatic nitrogens is 2. The maximum Gasteiger partial charge on any atom is 0.101 e. The van der Waals surface area contributed by atoms with E-state index in [0.717, 1.165) is 30.2 Å². The van der Waals surface area contributed by atoms with Crippen molar-refractivity contribution in [1.82, 2.24) is 9.78 Å². The van der Waals surface area contributed by atoms with Gasteiger partial charge in [-0.3, -0.25) is 4.68 Å². The van der Waals surface area contributed by atoms with Gasteiger partial charge in [0, 0.05) is 24.8 Å². The molecule has 0 bridgehead atoms. The molecule has 4 atom stereocenters.